The van der Waals surface area contributed by atoms with Gasteiger partial charge in [-0.1, -0.05) is 61.5 Å². The lowest BCUT2D eigenvalue weighted by Gasteiger charge is -2.27. The third-order valence-electron chi connectivity index (χ3n) is 4.17. The molecule has 1 aliphatic rings. The van der Waals surface area contributed by atoms with Crippen molar-refractivity contribution in [2.24, 2.45) is 0 Å². The van der Waals surface area contributed by atoms with E-state index in [0.29, 0.717) is 0 Å². The summed E-state index contributed by atoms with van der Waals surface area (Å²) in [4.78, 5) is 0. The summed E-state index contributed by atoms with van der Waals surface area (Å²) in [5, 5.41) is 0. The molecule has 0 saturated carbocycles. The van der Waals surface area contributed by atoms with Crippen molar-refractivity contribution in [3.8, 4) is 11.1 Å². The molecular weight excluding hydrogens is 278 g/mol. The highest BCUT2D eigenvalue weighted by molar-refractivity contribution is 7.47. The molecule has 21 heavy (non-hydrogen) atoms. The molecule has 3 rings (SSSR count). The van der Waals surface area contributed by atoms with Crippen molar-refractivity contribution in [3.63, 3.8) is 0 Å². The highest BCUT2D eigenvalue weighted by atomic mass is 31.2. The normalized spacial score (nSPS) is 28.7. The second-order valence-electron chi connectivity index (χ2n) is 5.54. The molecule has 0 spiro atoms. The Hall–Kier alpha value is -1.15. The first kappa shape index (κ1) is 14.8. The fraction of sp³-hybridized carbons (Fsp3) is 0.294. The molecule has 0 amide bonds. The fourth-order valence-electron chi connectivity index (χ4n) is 2.63. The molecule has 2 nitrogen and oxygen atoms in total. The van der Waals surface area contributed by atoms with Crippen LogP contribution < -0.4 is 0 Å². The van der Waals surface area contributed by atoms with Crippen molar-refractivity contribution >= 4 is 16.2 Å². The highest BCUT2D eigenvalue weighted by Gasteiger charge is 2.44. The molecule has 108 valence electrons. The molecule has 1 saturated heterocycles. The second kappa shape index (κ2) is 5.92. The van der Waals surface area contributed by atoms with Gasteiger partial charge >= 0.3 is 0 Å². The molecule has 0 bridgehead atoms. The summed E-state index contributed by atoms with van der Waals surface area (Å²) in [6.45, 7) is 4.21. The van der Waals surface area contributed by atoms with Gasteiger partial charge in [0.25, 0.3) is 0 Å². The van der Waals surface area contributed by atoms with Crippen LogP contribution in [0.25, 0.3) is 11.1 Å². The molecule has 0 N–H and O–H groups in total. The van der Waals surface area contributed by atoms with E-state index in [1.54, 1.807) is 0 Å². The Balaban J connectivity index is 1.88. The summed E-state index contributed by atoms with van der Waals surface area (Å²) in [5.74, 6) is 0. The van der Waals surface area contributed by atoms with Crippen LogP contribution in [0.2, 0.25) is 0 Å². The molecule has 0 aliphatic carbocycles. The van der Waals surface area contributed by atoms with Gasteiger partial charge in [-0.25, -0.2) is 0 Å². The van der Waals surface area contributed by atoms with Crippen molar-refractivity contribution < 1.29 is 9.05 Å². The van der Waals surface area contributed by atoms with Gasteiger partial charge in [-0.05, 0) is 23.6 Å². The van der Waals surface area contributed by atoms with Crippen LogP contribution in [-0.4, -0.2) is 20.1 Å². The number of rotatable bonds is 3. The topological polar surface area (TPSA) is 18.5 Å². The van der Waals surface area contributed by atoms with Gasteiger partial charge in [0.15, 0.2) is 16.2 Å². The summed E-state index contributed by atoms with van der Waals surface area (Å²) >= 11 is 0. The maximum atomic E-state index is 6.18. The zero-order valence-electron chi connectivity index (χ0n) is 12.7. The minimum Gasteiger partial charge on any atom is -0.329 e. The van der Waals surface area contributed by atoms with Crippen molar-refractivity contribution in [3.05, 3.63) is 60.2 Å². The molecule has 0 radical (unpaired) electrons. The monoisotopic (exact) mass is 298 g/mol. The third kappa shape index (κ3) is 2.79. The lowest BCUT2D eigenvalue weighted by atomic mass is 9.72. The number of hydrogen-bond donors (Lipinski definition) is 0. The van der Waals surface area contributed by atoms with Crippen LogP contribution in [0, 0.1) is 0 Å². The zero-order valence-corrected chi connectivity index (χ0v) is 13.6. The predicted octanol–water partition coefficient (Wildman–Crippen LogP) is 3.91. The Kier molecular flexibility index (Phi) is 4.17. The molecule has 2 aromatic carbocycles. The molecule has 4 heteroatoms. The highest BCUT2D eigenvalue weighted by Crippen LogP contribution is 2.55. The van der Waals surface area contributed by atoms with Crippen molar-refractivity contribution in [2.45, 2.75) is 25.5 Å². The molecule has 0 aromatic heterocycles. The minimum absolute atomic E-state index is 0.0890. The number of hydrogen-bond acceptors (Lipinski definition) is 2. The molecule has 3 unspecified atom stereocenters. The summed E-state index contributed by atoms with van der Waals surface area (Å²) in [6, 6.07) is 19.1. The van der Waals surface area contributed by atoms with Gasteiger partial charge in [0.05, 0.1) is 11.6 Å². The van der Waals surface area contributed by atoms with E-state index in [1.165, 1.54) is 16.7 Å². The van der Waals surface area contributed by atoms with Gasteiger partial charge in [-0.15, -0.1) is 0 Å². The summed E-state index contributed by atoms with van der Waals surface area (Å²) in [6.07, 6.45) is 1.03. The van der Waals surface area contributed by atoms with Crippen molar-refractivity contribution in [1.29, 1.82) is 0 Å². The van der Waals surface area contributed by atoms with E-state index >= 15 is 0 Å². The summed E-state index contributed by atoms with van der Waals surface area (Å²) in [5.41, 5.74) is 3.32. The Morgan fingerprint density at radius 1 is 1.05 bits per heavy atom. The first-order valence-corrected chi connectivity index (χ1v) is 8.79. The van der Waals surface area contributed by atoms with E-state index in [4.69, 9.17) is 9.05 Å². The van der Waals surface area contributed by atoms with Crippen LogP contribution in [0.3, 0.4) is 0 Å². The zero-order chi connectivity index (χ0) is 14.9. The van der Waals surface area contributed by atoms with Gasteiger partial charge in [0, 0.05) is 6.16 Å². The van der Waals surface area contributed by atoms with Crippen LogP contribution >= 0.6 is 8.38 Å². The van der Waals surface area contributed by atoms with Crippen LogP contribution in [0.5, 0.6) is 0 Å². The molecule has 3 atom stereocenters. The largest absolute Gasteiger partial charge is 0.329 e. The van der Waals surface area contributed by atoms with E-state index in [9.17, 15) is 0 Å². The quantitative estimate of drug-likeness (QED) is 0.632. The summed E-state index contributed by atoms with van der Waals surface area (Å²) < 4.78 is 12.1. The molecule has 2 aromatic rings. The first-order chi connectivity index (χ1) is 10.1. The first-order valence-electron chi connectivity index (χ1n) is 7.43. The van der Waals surface area contributed by atoms with Gasteiger partial charge in [-0.3, -0.25) is 0 Å². The fourth-order valence-corrected chi connectivity index (χ4v) is 4.19. The number of benzene rings is 2. The predicted molar refractivity (Wildman–Crippen MR) is 91.2 cm³/mol. The maximum absolute atomic E-state index is 6.18. The molecule has 1 fully saturated rings. The van der Waals surface area contributed by atoms with Crippen LogP contribution in [0.1, 0.15) is 19.4 Å². The minimum atomic E-state index is -0.745. The molecule has 1 aliphatic heterocycles. The third-order valence-corrected chi connectivity index (χ3v) is 5.82. The van der Waals surface area contributed by atoms with Crippen molar-refractivity contribution in [1.82, 2.24) is 0 Å². The van der Waals surface area contributed by atoms with E-state index in [1.807, 2.05) is 6.07 Å². The van der Waals surface area contributed by atoms with E-state index in [-0.39, 0.29) is 11.6 Å². The smallest absolute Gasteiger partial charge is 0.170 e. The van der Waals surface area contributed by atoms with Crippen LogP contribution in [0.15, 0.2) is 54.6 Å². The molecular formula is C17H20BO2P. The SMILES string of the molecule is BC1(c2ccc(-c3ccccc3)cc2)OP(CC)OC1C. The van der Waals surface area contributed by atoms with Gasteiger partial charge in [0.1, 0.15) is 0 Å². The van der Waals surface area contributed by atoms with Gasteiger partial charge in [-0.2, -0.15) is 0 Å². The lowest BCUT2D eigenvalue weighted by Crippen LogP contribution is -2.35. The second-order valence-corrected chi connectivity index (χ2v) is 7.23. The maximum Gasteiger partial charge on any atom is 0.170 e. The van der Waals surface area contributed by atoms with E-state index < -0.39 is 8.38 Å². The van der Waals surface area contributed by atoms with Crippen LogP contribution in [0.4, 0.5) is 0 Å². The van der Waals surface area contributed by atoms with E-state index in [2.05, 4.69) is 70.2 Å². The standard InChI is InChI=1S/C17H20BO2P/c1-3-21-19-13(2)17(18,20-21)16-11-9-15(10-12-16)14-7-5-4-6-8-14/h4-13H,3,18H2,1-2H3. The van der Waals surface area contributed by atoms with Crippen molar-refractivity contribution in [2.75, 3.05) is 6.16 Å². The van der Waals surface area contributed by atoms with Gasteiger partial charge in [0.2, 0.25) is 0 Å². The Labute approximate surface area is 128 Å². The Bertz CT molecular complexity index is 602. The lowest BCUT2D eigenvalue weighted by molar-refractivity contribution is 0.129. The average molecular weight is 298 g/mol. The molecule has 1 heterocycles. The van der Waals surface area contributed by atoms with E-state index in [0.717, 1.165) is 6.16 Å². The van der Waals surface area contributed by atoms with Gasteiger partial charge < -0.3 is 9.05 Å². The van der Waals surface area contributed by atoms with Crippen LogP contribution in [-0.2, 0) is 14.5 Å². The Morgan fingerprint density at radius 3 is 2.24 bits per heavy atom. The Morgan fingerprint density at radius 2 is 1.67 bits per heavy atom. The average Bonchev–Trinajstić information content (AvgIpc) is 2.84. The summed E-state index contributed by atoms with van der Waals surface area (Å²) in [7, 11) is 1.39.